The van der Waals surface area contributed by atoms with Crippen molar-refractivity contribution in [2.45, 2.75) is 46.3 Å². The highest BCUT2D eigenvalue weighted by Gasteiger charge is 2.75. The molecular weight excluding hydrogens is 228 g/mol. The normalized spacial score (nSPS) is 56.2. The van der Waals surface area contributed by atoms with Crippen molar-refractivity contribution < 1.29 is 14.3 Å². The van der Waals surface area contributed by atoms with Gasteiger partial charge in [-0.05, 0) is 24.3 Å². The Bertz CT molecular complexity index is 466. The summed E-state index contributed by atoms with van der Waals surface area (Å²) in [7, 11) is 0. The summed E-state index contributed by atoms with van der Waals surface area (Å²) in [6.45, 7) is 8.49. The molecule has 1 saturated heterocycles. The number of hydrogen-bond acceptors (Lipinski definition) is 3. The van der Waals surface area contributed by atoms with Crippen molar-refractivity contribution in [1.82, 2.24) is 0 Å². The van der Waals surface area contributed by atoms with Gasteiger partial charge in [-0.1, -0.05) is 33.3 Å². The number of aldehydes is 1. The molecule has 98 valence electrons. The molecule has 0 spiro atoms. The van der Waals surface area contributed by atoms with E-state index in [-0.39, 0.29) is 40.7 Å². The molecule has 0 aromatic rings. The first-order valence-corrected chi connectivity index (χ1v) is 6.73. The van der Waals surface area contributed by atoms with E-state index in [9.17, 15) is 9.59 Å². The van der Waals surface area contributed by atoms with E-state index in [4.69, 9.17) is 4.74 Å². The van der Waals surface area contributed by atoms with Crippen molar-refractivity contribution in [3.05, 3.63) is 11.6 Å². The lowest BCUT2D eigenvalue weighted by atomic mass is 9.50. The molecular formula is C15H20O3. The van der Waals surface area contributed by atoms with Gasteiger partial charge in [-0.15, -0.1) is 0 Å². The third-order valence-corrected chi connectivity index (χ3v) is 6.39. The fraction of sp³-hybridized carbons (Fsp3) is 0.733. The zero-order valence-electron chi connectivity index (χ0n) is 11.4. The highest BCUT2D eigenvalue weighted by molar-refractivity contribution is 5.95. The van der Waals surface area contributed by atoms with Gasteiger partial charge in [-0.25, -0.2) is 0 Å². The standard InChI is InChI=1S/C15H20O3/c1-8-10(5-6-16)7-11-14(3)9(2)12(18-11)13(17)15(8,14)4/h5-6,8-9,11-12H,7H2,1-4H3. The van der Waals surface area contributed by atoms with Crippen LogP contribution < -0.4 is 0 Å². The van der Waals surface area contributed by atoms with Crippen molar-refractivity contribution in [3.8, 4) is 0 Å². The third kappa shape index (κ3) is 0.979. The second kappa shape index (κ2) is 3.32. The van der Waals surface area contributed by atoms with E-state index in [0.29, 0.717) is 0 Å². The molecule has 0 amide bonds. The number of allylic oxidation sites excluding steroid dienone is 1. The lowest BCUT2D eigenvalue weighted by Gasteiger charge is -2.54. The van der Waals surface area contributed by atoms with Gasteiger partial charge in [-0.3, -0.25) is 9.59 Å². The van der Waals surface area contributed by atoms with Crippen LogP contribution in [0.15, 0.2) is 11.6 Å². The second-order valence-electron chi connectivity index (χ2n) is 6.49. The average Bonchev–Trinajstić information content (AvgIpc) is 2.66. The number of hydrogen-bond donors (Lipinski definition) is 0. The molecule has 3 fully saturated rings. The van der Waals surface area contributed by atoms with E-state index < -0.39 is 0 Å². The summed E-state index contributed by atoms with van der Waals surface area (Å²) in [5.74, 6) is 0.644. The van der Waals surface area contributed by atoms with Crippen LogP contribution in [0, 0.1) is 22.7 Å². The fourth-order valence-corrected chi connectivity index (χ4v) is 4.70. The Morgan fingerprint density at radius 3 is 2.56 bits per heavy atom. The molecule has 6 atom stereocenters. The highest BCUT2D eigenvalue weighted by atomic mass is 16.5. The number of carbonyl (C=O) groups is 2. The van der Waals surface area contributed by atoms with E-state index in [1.807, 2.05) is 0 Å². The number of carbonyl (C=O) groups excluding carboxylic acids is 2. The van der Waals surface area contributed by atoms with E-state index in [0.717, 1.165) is 18.3 Å². The molecule has 2 saturated carbocycles. The molecule has 0 radical (unpaired) electrons. The van der Waals surface area contributed by atoms with E-state index in [1.54, 1.807) is 6.08 Å². The summed E-state index contributed by atoms with van der Waals surface area (Å²) in [4.78, 5) is 23.4. The predicted molar refractivity (Wildman–Crippen MR) is 67.0 cm³/mol. The first kappa shape index (κ1) is 12.1. The minimum absolute atomic E-state index is 0.0857. The second-order valence-corrected chi connectivity index (χ2v) is 6.49. The predicted octanol–water partition coefficient (Wildman–Crippen LogP) is 2.15. The number of rotatable bonds is 1. The third-order valence-electron chi connectivity index (χ3n) is 6.39. The topological polar surface area (TPSA) is 43.4 Å². The molecule has 3 nitrogen and oxygen atoms in total. The Morgan fingerprint density at radius 2 is 2.00 bits per heavy atom. The van der Waals surface area contributed by atoms with Crippen LogP contribution in [-0.2, 0) is 14.3 Å². The number of Topliss-reactive ketones (excluding diaryl/α,β-unsaturated/α-hetero) is 1. The summed E-state index contributed by atoms with van der Waals surface area (Å²) < 4.78 is 5.94. The SMILES string of the molecule is CC1C(=CC=O)CC2OC3C(=O)C1(C)C2(C)C3C. The summed E-state index contributed by atoms with van der Waals surface area (Å²) >= 11 is 0. The van der Waals surface area contributed by atoms with Gasteiger partial charge >= 0.3 is 0 Å². The van der Waals surface area contributed by atoms with Crippen LogP contribution in [0.25, 0.3) is 0 Å². The van der Waals surface area contributed by atoms with Crippen LogP contribution in [0.3, 0.4) is 0 Å². The number of ether oxygens (including phenoxy) is 1. The van der Waals surface area contributed by atoms with Gasteiger partial charge < -0.3 is 4.74 Å². The van der Waals surface area contributed by atoms with Crippen LogP contribution in [0.2, 0.25) is 0 Å². The van der Waals surface area contributed by atoms with Gasteiger partial charge in [0.2, 0.25) is 0 Å². The molecule has 0 aromatic heterocycles. The van der Waals surface area contributed by atoms with Gasteiger partial charge in [0.25, 0.3) is 0 Å². The Hall–Kier alpha value is -0.960. The maximum atomic E-state index is 12.6. The van der Waals surface area contributed by atoms with Gasteiger partial charge in [-0.2, -0.15) is 0 Å². The van der Waals surface area contributed by atoms with Crippen LogP contribution >= 0.6 is 0 Å². The van der Waals surface area contributed by atoms with Crippen molar-refractivity contribution in [1.29, 1.82) is 0 Å². The fourth-order valence-electron chi connectivity index (χ4n) is 4.70. The van der Waals surface area contributed by atoms with E-state index in [2.05, 4.69) is 27.7 Å². The Kier molecular flexibility index (Phi) is 2.23. The molecule has 2 bridgehead atoms. The van der Waals surface area contributed by atoms with Crippen molar-refractivity contribution >= 4 is 12.1 Å². The Morgan fingerprint density at radius 1 is 1.33 bits per heavy atom. The molecule has 1 aliphatic heterocycles. The van der Waals surface area contributed by atoms with Crippen molar-refractivity contribution in [3.63, 3.8) is 0 Å². The van der Waals surface area contributed by atoms with E-state index >= 15 is 0 Å². The largest absolute Gasteiger partial charge is 0.366 e. The van der Waals surface area contributed by atoms with Gasteiger partial charge in [0, 0.05) is 10.8 Å². The maximum Gasteiger partial charge on any atom is 0.168 e. The van der Waals surface area contributed by atoms with Crippen LogP contribution in [0.5, 0.6) is 0 Å². The van der Waals surface area contributed by atoms with Gasteiger partial charge in [0.1, 0.15) is 12.4 Å². The number of fused-ring (bicyclic) bond motifs is 1. The number of ketones is 1. The molecule has 18 heavy (non-hydrogen) atoms. The molecule has 3 rings (SSSR count). The van der Waals surface area contributed by atoms with Crippen molar-refractivity contribution in [2.24, 2.45) is 22.7 Å². The lowest BCUT2D eigenvalue weighted by Crippen LogP contribution is -2.57. The van der Waals surface area contributed by atoms with Gasteiger partial charge in [0.15, 0.2) is 5.78 Å². The molecule has 0 aromatic carbocycles. The minimum Gasteiger partial charge on any atom is -0.366 e. The lowest BCUT2D eigenvalue weighted by molar-refractivity contribution is -0.166. The monoisotopic (exact) mass is 248 g/mol. The Balaban J connectivity index is 2.17. The average molecular weight is 248 g/mol. The first-order chi connectivity index (χ1) is 8.39. The highest BCUT2D eigenvalue weighted by Crippen LogP contribution is 2.69. The van der Waals surface area contributed by atoms with Crippen LogP contribution in [0.1, 0.15) is 34.1 Å². The summed E-state index contributed by atoms with van der Waals surface area (Å²) in [5, 5.41) is 0. The quantitative estimate of drug-likeness (QED) is 0.527. The van der Waals surface area contributed by atoms with Crippen LogP contribution in [-0.4, -0.2) is 24.3 Å². The van der Waals surface area contributed by atoms with Crippen molar-refractivity contribution in [2.75, 3.05) is 0 Å². The van der Waals surface area contributed by atoms with Gasteiger partial charge in [0.05, 0.1) is 6.10 Å². The zero-order chi connectivity index (χ0) is 13.3. The first-order valence-electron chi connectivity index (χ1n) is 6.73. The smallest absolute Gasteiger partial charge is 0.168 e. The molecule has 3 aliphatic rings. The molecule has 2 aliphatic carbocycles. The maximum absolute atomic E-state index is 12.6. The zero-order valence-corrected chi connectivity index (χ0v) is 11.4. The summed E-state index contributed by atoms with van der Waals surface area (Å²) in [6, 6.07) is 0. The van der Waals surface area contributed by atoms with Crippen LogP contribution in [0.4, 0.5) is 0 Å². The summed E-state index contributed by atoms with van der Waals surface area (Å²) in [5.41, 5.74) is 0.595. The Labute approximate surface area is 108 Å². The minimum atomic E-state index is -0.382. The molecule has 0 N–H and O–H groups in total. The molecule has 3 heteroatoms. The molecule has 1 heterocycles. The molecule has 6 unspecified atom stereocenters. The van der Waals surface area contributed by atoms with E-state index in [1.165, 1.54) is 0 Å². The summed E-state index contributed by atoms with van der Waals surface area (Å²) in [6.07, 6.45) is 3.10.